The van der Waals surface area contributed by atoms with Crippen LogP contribution >= 0.6 is 0 Å². The highest BCUT2D eigenvalue weighted by Gasteiger charge is 3.00. The standard InChI is InChI=1S/C15HF29O/c16-2(17,1-45)3(18,19)4(20,21)5(22,23)6(24,25)7(26,27)8(28,29)9(30,31)10(32,33)11(34,35)12(36,37)13(38,39)14(40,41)15(42,43)44/h1H. The first-order chi connectivity index (χ1) is 18.8. The van der Waals surface area contributed by atoms with Gasteiger partial charge in [-0.2, -0.15) is 127 Å². The number of halogens is 29. The van der Waals surface area contributed by atoms with E-state index >= 15 is 0 Å². The highest BCUT2D eigenvalue weighted by atomic mass is 19.4. The molecule has 0 aromatic heterocycles. The van der Waals surface area contributed by atoms with Crippen LogP contribution in [-0.2, 0) is 4.79 Å². The Balaban J connectivity index is 7.55. The molecule has 0 aromatic rings. The fraction of sp³-hybridized carbons (Fsp3) is 0.933. The third-order valence-electron chi connectivity index (χ3n) is 5.26. The van der Waals surface area contributed by atoms with Gasteiger partial charge in [0, 0.05) is 0 Å². The van der Waals surface area contributed by atoms with Crippen LogP contribution in [0.15, 0.2) is 0 Å². The monoisotopic (exact) mass is 748 g/mol. The summed E-state index contributed by atoms with van der Waals surface area (Å²) in [4.78, 5) is 9.72. The maximum absolute atomic E-state index is 13.6. The molecular formula is C15HF29O. The number of alkyl halides is 29. The lowest BCUT2D eigenvalue weighted by Crippen LogP contribution is -2.79. The van der Waals surface area contributed by atoms with Gasteiger partial charge in [0.05, 0.1) is 0 Å². The Labute approximate surface area is 223 Å². The maximum atomic E-state index is 13.6. The summed E-state index contributed by atoms with van der Waals surface area (Å²) in [6, 6.07) is 0. The lowest BCUT2D eigenvalue weighted by molar-refractivity contribution is -0.486. The van der Waals surface area contributed by atoms with Crippen LogP contribution in [0, 0.1) is 0 Å². The van der Waals surface area contributed by atoms with Crippen molar-refractivity contribution < 1.29 is 132 Å². The molecule has 0 aromatic carbocycles. The van der Waals surface area contributed by atoms with E-state index in [4.69, 9.17) is 0 Å². The summed E-state index contributed by atoms with van der Waals surface area (Å²) >= 11 is 0. The largest absolute Gasteiger partial charge is 0.460 e. The van der Waals surface area contributed by atoms with Crippen molar-refractivity contribution >= 4 is 6.29 Å². The van der Waals surface area contributed by atoms with Gasteiger partial charge in [-0.05, 0) is 0 Å². The molecule has 0 aliphatic carbocycles. The normalized spacial score (nSPS) is 17.1. The molecule has 0 saturated heterocycles. The molecule has 0 heterocycles. The Morgan fingerprint density at radius 1 is 0.222 bits per heavy atom. The number of carbonyl (C=O) groups is 1. The van der Waals surface area contributed by atoms with Crippen LogP contribution in [-0.4, -0.2) is 89.5 Å². The van der Waals surface area contributed by atoms with Gasteiger partial charge in [0.25, 0.3) is 0 Å². The van der Waals surface area contributed by atoms with E-state index in [-0.39, 0.29) is 0 Å². The molecule has 0 fully saturated rings. The molecule has 0 N–H and O–H groups in total. The fourth-order valence-corrected chi connectivity index (χ4v) is 2.43. The van der Waals surface area contributed by atoms with Crippen molar-refractivity contribution in [2.75, 3.05) is 0 Å². The van der Waals surface area contributed by atoms with E-state index in [0.29, 0.717) is 0 Å². The van der Waals surface area contributed by atoms with E-state index in [2.05, 4.69) is 0 Å². The second kappa shape index (κ2) is 10.1. The highest BCUT2D eigenvalue weighted by molar-refractivity contribution is 5.62. The first-order valence-corrected chi connectivity index (χ1v) is 9.25. The molecule has 0 atom stereocenters. The van der Waals surface area contributed by atoms with Crippen molar-refractivity contribution in [2.45, 2.75) is 83.2 Å². The third-order valence-corrected chi connectivity index (χ3v) is 5.26. The number of rotatable bonds is 13. The van der Waals surface area contributed by atoms with Crippen molar-refractivity contribution in [1.82, 2.24) is 0 Å². The second-order valence-electron chi connectivity index (χ2n) is 8.13. The smallest absolute Gasteiger partial charge is 0.296 e. The zero-order valence-electron chi connectivity index (χ0n) is 18.9. The van der Waals surface area contributed by atoms with Crippen LogP contribution < -0.4 is 0 Å². The highest BCUT2D eigenvalue weighted by Crippen LogP contribution is 2.68. The molecule has 270 valence electrons. The lowest BCUT2D eigenvalue weighted by atomic mass is 9.83. The van der Waals surface area contributed by atoms with Gasteiger partial charge in [0.2, 0.25) is 0 Å². The van der Waals surface area contributed by atoms with Crippen molar-refractivity contribution in [3.05, 3.63) is 0 Å². The Morgan fingerprint density at radius 2 is 0.356 bits per heavy atom. The van der Waals surface area contributed by atoms with E-state index in [1.54, 1.807) is 0 Å². The van der Waals surface area contributed by atoms with Gasteiger partial charge in [-0.1, -0.05) is 0 Å². The van der Waals surface area contributed by atoms with Gasteiger partial charge in [-0.15, -0.1) is 0 Å². The fourth-order valence-electron chi connectivity index (χ4n) is 2.43. The third kappa shape index (κ3) is 4.73. The molecule has 30 heteroatoms. The first-order valence-electron chi connectivity index (χ1n) is 9.25. The SMILES string of the molecule is O=CC(F)(F)C(F)(F)C(F)(F)C(F)(F)C(F)(F)C(F)(F)C(F)(F)C(F)(F)C(F)(F)C(F)(F)C(F)(F)C(F)(F)C(F)(F)C(F)(F)F. The predicted molar refractivity (Wildman–Crippen MR) is 76.4 cm³/mol. The average molecular weight is 748 g/mol. The minimum absolute atomic E-state index is 2.85. The molecule has 0 aliphatic rings. The molecule has 0 radical (unpaired) electrons. The maximum Gasteiger partial charge on any atom is 0.460 e. The van der Waals surface area contributed by atoms with E-state index in [9.17, 15) is 132 Å². The zero-order chi connectivity index (χ0) is 37.7. The molecular weight excluding hydrogens is 747 g/mol. The van der Waals surface area contributed by atoms with Gasteiger partial charge >= 0.3 is 83.2 Å². The molecule has 0 amide bonds. The van der Waals surface area contributed by atoms with Gasteiger partial charge in [0.1, 0.15) is 0 Å². The summed E-state index contributed by atoms with van der Waals surface area (Å²) in [7, 11) is 0. The molecule has 0 bridgehead atoms. The van der Waals surface area contributed by atoms with Crippen LogP contribution in [0.25, 0.3) is 0 Å². The van der Waals surface area contributed by atoms with Crippen molar-refractivity contribution in [3.8, 4) is 0 Å². The Hall–Kier alpha value is -2.36. The molecule has 0 spiro atoms. The van der Waals surface area contributed by atoms with Crippen LogP contribution in [0.2, 0.25) is 0 Å². The molecule has 0 saturated carbocycles. The van der Waals surface area contributed by atoms with Crippen LogP contribution in [0.5, 0.6) is 0 Å². The predicted octanol–water partition coefficient (Wildman–Crippen LogP) is 9.01. The Bertz CT molecular complexity index is 1110. The molecule has 0 rings (SSSR count). The summed E-state index contributed by atoms with van der Waals surface area (Å²) in [6.07, 6.45) is -11.1. The number of hydrogen-bond donors (Lipinski definition) is 0. The van der Waals surface area contributed by atoms with Gasteiger partial charge < -0.3 is 0 Å². The Kier molecular flexibility index (Phi) is 9.54. The van der Waals surface area contributed by atoms with E-state index in [1.807, 2.05) is 0 Å². The van der Waals surface area contributed by atoms with E-state index in [1.165, 1.54) is 0 Å². The minimum atomic E-state index is -9.95. The number of aldehydes is 1. The quantitative estimate of drug-likeness (QED) is 0.136. The summed E-state index contributed by atoms with van der Waals surface area (Å²) in [5.74, 6) is -121. The van der Waals surface area contributed by atoms with Crippen LogP contribution in [0.4, 0.5) is 127 Å². The summed E-state index contributed by atoms with van der Waals surface area (Å²) in [6.45, 7) is 0. The van der Waals surface area contributed by atoms with Crippen LogP contribution in [0.3, 0.4) is 0 Å². The van der Waals surface area contributed by atoms with Crippen LogP contribution in [0.1, 0.15) is 0 Å². The Morgan fingerprint density at radius 3 is 0.489 bits per heavy atom. The van der Waals surface area contributed by atoms with Crippen molar-refractivity contribution in [1.29, 1.82) is 0 Å². The molecule has 0 aliphatic heterocycles. The van der Waals surface area contributed by atoms with Gasteiger partial charge in [0.15, 0.2) is 6.29 Å². The number of carbonyl (C=O) groups excluding carboxylic acids is 1. The summed E-state index contributed by atoms with van der Waals surface area (Å²) in [5.41, 5.74) is 0. The van der Waals surface area contributed by atoms with Gasteiger partial charge in [-0.25, -0.2) is 0 Å². The van der Waals surface area contributed by atoms with Gasteiger partial charge in [-0.3, -0.25) is 4.79 Å². The molecule has 45 heavy (non-hydrogen) atoms. The lowest BCUT2D eigenvalue weighted by Gasteiger charge is -2.46. The van der Waals surface area contributed by atoms with E-state index < -0.39 is 89.5 Å². The average Bonchev–Trinajstić information content (AvgIpc) is 2.81. The molecule has 1 nitrogen and oxygen atoms in total. The minimum Gasteiger partial charge on any atom is -0.296 e. The van der Waals surface area contributed by atoms with E-state index in [0.717, 1.165) is 0 Å². The second-order valence-corrected chi connectivity index (χ2v) is 8.13. The van der Waals surface area contributed by atoms with Crippen molar-refractivity contribution in [2.24, 2.45) is 0 Å². The topological polar surface area (TPSA) is 17.1 Å². The zero-order valence-corrected chi connectivity index (χ0v) is 18.9. The number of hydrogen-bond acceptors (Lipinski definition) is 1. The molecule has 0 unspecified atom stereocenters. The first kappa shape index (κ1) is 42.6. The van der Waals surface area contributed by atoms with Crippen molar-refractivity contribution in [3.63, 3.8) is 0 Å². The summed E-state index contributed by atoms with van der Waals surface area (Å²) in [5, 5.41) is 0. The summed E-state index contributed by atoms with van der Waals surface area (Å²) < 4.78 is 381.